The number of pyridine rings is 1. The zero-order valence-electron chi connectivity index (χ0n) is 23.5. The lowest BCUT2D eigenvalue weighted by atomic mass is 9.96. The van der Waals surface area contributed by atoms with Gasteiger partial charge in [-0.15, -0.1) is 0 Å². The van der Waals surface area contributed by atoms with Gasteiger partial charge in [-0.05, 0) is 85.9 Å². The summed E-state index contributed by atoms with van der Waals surface area (Å²) in [4.78, 5) is 20.1. The molecule has 0 aliphatic carbocycles. The Labute approximate surface area is 246 Å². The number of aryl methyl sites for hydroxylation is 2. The fourth-order valence-corrected chi connectivity index (χ4v) is 6.34. The van der Waals surface area contributed by atoms with Crippen LogP contribution in [-0.2, 0) is 4.79 Å². The molecule has 1 amide bonds. The highest BCUT2D eigenvalue weighted by atomic mass is 32.1. The molecule has 6 rings (SSSR count). The van der Waals surface area contributed by atoms with Crippen molar-refractivity contribution in [2.75, 3.05) is 11.9 Å². The number of hydrogen-bond donors (Lipinski definition) is 2. The third-order valence-electron chi connectivity index (χ3n) is 7.89. The summed E-state index contributed by atoms with van der Waals surface area (Å²) in [6.45, 7) is 6.88. The van der Waals surface area contributed by atoms with E-state index in [9.17, 15) is 4.79 Å². The smallest absolute Gasteiger partial charge is 0.226 e. The molecular formula is C34H33N5OS. The quantitative estimate of drug-likeness (QED) is 0.211. The van der Waals surface area contributed by atoms with Crippen molar-refractivity contribution in [1.82, 2.24) is 19.8 Å². The lowest BCUT2D eigenvalue weighted by Gasteiger charge is -2.28. The van der Waals surface area contributed by atoms with E-state index in [-0.39, 0.29) is 18.0 Å². The number of carbonyl (C=O) groups is 1. The Morgan fingerprint density at radius 2 is 1.73 bits per heavy atom. The number of hydrogen-bond acceptors (Lipinski definition) is 3. The van der Waals surface area contributed by atoms with Crippen molar-refractivity contribution in [3.63, 3.8) is 0 Å². The summed E-state index contributed by atoms with van der Waals surface area (Å²) in [5.74, 6) is -0.0468. The second-order valence-electron chi connectivity index (χ2n) is 10.6. The first-order chi connectivity index (χ1) is 19.9. The van der Waals surface area contributed by atoms with Crippen molar-refractivity contribution in [2.24, 2.45) is 0 Å². The number of rotatable bonds is 7. The molecule has 206 valence electrons. The van der Waals surface area contributed by atoms with E-state index in [0.717, 1.165) is 39.2 Å². The lowest BCUT2D eigenvalue weighted by molar-refractivity contribution is -0.116. The minimum absolute atomic E-state index is 0.0468. The number of thiocarbonyl (C=S) groups is 1. The SMILES string of the molecule is Cc1cccc(-n2c(C)cc([C@H]3[C@H](c4ccccn4)NC(=S)N3CCC(=O)Nc3cccc4ccccc34)c2C)c1. The van der Waals surface area contributed by atoms with Gasteiger partial charge in [0, 0.05) is 47.3 Å². The Balaban J connectivity index is 1.31. The van der Waals surface area contributed by atoms with Crippen molar-refractivity contribution in [3.8, 4) is 5.69 Å². The maximum atomic E-state index is 13.2. The van der Waals surface area contributed by atoms with E-state index in [1.165, 1.54) is 11.1 Å². The zero-order valence-corrected chi connectivity index (χ0v) is 24.3. The number of aromatic nitrogens is 2. The highest BCUT2D eigenvalue weighted by molar-refractivity contribution is 7.80. The predicted octanol–water partition coefficient (Wildman–Crippen LogP) is 6.95. The second-order valence-corrected chi connectivity index (χ2v) is 11.0. The van der Waals surface area contributed by atoms with Gasteiger partial charge in [0.05, 0.1) is 17.8 Å². The van der Waals surface area contributed by atoms with Gasteiger partial charge in [0.2, 0.25) is 5.91 Å². The van der Waals surface area contributed by atoms with Gasteiger partial charge in [0.1, 0.15) is 0 Å². The number of nitrogens with one attached hydrogen (secondary N) is 2. The van der Waals surface area contributed by atoms with Crippen LogP contribution in [0.25, 0.3) is 16.5 Å². The molecule has 1 aliphatic rings. The largest absolute Gasteiger partial charge is 0.352 e. The molecule has 3 aromatic carbocycles. The van der Waals surface area contributed by atoms with Crippen LogP contribution in [0.4, 0.5) is 5.69 Å². The molecule has 2 atom stereocenters. The second kappa shape index (κ2) is 11.2. The molecular weight excluding hydrogens is 526 g/mol. The highest BCUT2D eigenvalue weighted by Gasteiger charge is 2.41. The van der Waals surface area contributed by atoms with Crippen LogP contribution in [0.15, 0.2) is 97.2 Å². The molecule has 2 aromatic heterocycles. The van der Waals surface area contributed by atoms with Crippen molar-refractivity contribution in [3.05, 3.63) is 125 Å². The zero-order chi connectivity index (χ0) is 28.5. The summed E-state index contributed by atoms with van der Waals surface area (Å²) in [6.07, 6.45) is 2.11. The predicted molar refractivity (Wildman–Crippen MR) is 169 cm³/mol. The minimum atomic E-state index is -0.142. The van der Waals surface area contributed by atoms with Crippen LogP contribution in [0.2, 0.25) is 0 Å². The van der Waals surface area contributed by atoms with Crippen LogP contribution in [0.1, 0.15) is 46.7 Å². The average Bonchev–Trinajstić information content (AvgIpc) is 3.46. The first-order valence-electron chi connectivity index (χ1n) is 13.9. The molecule has 5 aromatic rings. The number of nitrogens with zero attached hydrogens (tertiary/aromatic N) is 3. The van der Waals surface area contributed by atoms with Gasteiger partial charge >= 0.3 is 0 Å². The van der Waals surface area contributed by atoms with Crippen molar-refractivity contribution < 1.29 is 4.79 Å². The van der Waals surface area contributed by atoms with Crippen LogP contribution >= 0.6 is 12.2 Å². The van der Waals surface area contributed by atoms with E-state index < -0.39 is 0 Å². The molecule has 6 nitrogen and oxygen atoms in total. The standard InChI is InChI=1S/C34H33N5OS/c1-22-10-8-13-26(20-22)39-23(2)21-28(24(39)3)33-32(30-15-6-7-18-35-30)37-34(41)38(33)19-17-31(40)36-29-16-9-12-25-11-4-5-14-27(25)29/h4-16,18,20-21,32-33H,17,19H2,1-3H3,(H,36,40)(H,37,41)/t32-,33-/m0/s1. The number of carbonyl (C=O) groups excluding carboxylic acids is 1. The summed E-state index contributed by atoms with van der Waals surface area (Å²) in [7, 11) is 0. The lowest BCUT2D eigenvalue weighted by Crippen LogP contribution is -2.33. The van der Waals surface area contributed by atoms with Gasteiger partial charge in [-0.1, -0.05) is 54.6 Å². The summed E-state index contributed by atoms with van der Waals surface area (Å²) < 4.78 is 2.30. The number of amides is 1. The Hall–Kier alpha value is -4.49. The first-order valence-corrected chi connectivity index (χ1v) is 14.3. The first kappa shape index (κ1) is 26.7. The molecule has 1 fully saturated rings. The Morgan fingerprint density at radius 1 is 0.951 bits per heavy atom. The molecule has 0 unspecified atom stereocenters. The van der Waals surface area contributed by atoms with Crippen molar-refractivity contribution in [1.29, 1.82) is 0 Å². The molecule has 41 heavy (non-hydrogen) atoms. The van der Waals surface area contributed by atoms with Gasteiger partial charge < -0.3 is 20.1 Å². The van der Waals surface area contributed by atoms with Gasteiger partial charge in [0.15, 0.2) is 5.11 Å². The molecule has 0 radical (unpaired) electrons. The highest BCUT2D eigenvalue weighted by Crippen LogP contribution is 2.41. The van der Waals surface area contributed by atoms with E-state index in [1.807, 2.05) is 54.7 Å². The Morgan fingerprint density at radius 3 is 2.54 bits per heavy atom. The maximum Gasteiger partial charge on any atom is 0.226 e. The van der Waals surface area contributed by atoms with Crippen LogP contribution in [0, 0.1) is 20.8 Å². The third-order valence-corrected chi connectivity index (χ3v) is 8.24. The van der Waals surface area contributed by atoms with E-state index >= 15 is 0 Å². The number of fused-ring (bicyclic) bond motifs is 1. The topological polar surface area (TPSA) is 62.2 Å². The summed E-state index contributed by atoms with van der Waals surface area (Å²) >= 11 is 5.88. The van der Waals surface area contributed by atoms with Crippen molar-refractivity contribution in [2.45, 2.75) is 39.3 Å². The van der Waals surface area contributed by atoms with E-state index in [2.05, 4.69) is 88.3 Å². The molecule has 0 spiro atoms. The van der Waals surface area contributed by atoms with E-state index in [1.54, 1.807) is 0 Å². The van der Waals surface area contributed by atoms with Crippen LogP contribution in [0.5, 0.6) is 0 Å². The average molecular weight is 560 g/mol. The van der Waals surface area contributed by atoms with Gasteiger partial charge in [-0.2, -0.15) is 0 Å². The molecule has 3 heterocycles. The fourth-order valence-electron chi connectivity index (χ4n) is 6.01. The molecule has 1 saturated heterocycles. The maximum absolute atomic E-state index is 13.2. The Bertz CT molecular complexity index is 1740. The minimum Gasteiger partial charge on any atom is -0.352 e. The van der Waals surface area contributed by atoms with E-state index in [0.29, 0.717) is 18.1 Å². The van der Waals surface area contributed by atoms with Gasteiger partial charge in [0.25, 0.3) is 0 Å². The van der Waals surface area contributed by atoms with Crippen LogP contribution in [-0.4, -0.2) is 32.0 Å². The molecule has 2 N–H and O–H groups in total. The molecule has 0 bridgehead atoms. The summed E-state index contributed by atoms with van der Waals surface area (Å²) in [5.41, 5.74) is 7.55. The molecule has 1 aliphatic heterocycles. The number of anilines is 1. The molecule has 0 saturated carbocycles. The van der Waals surface area contributed by atoms with Crippen LogP contribution in [0.3, 0.4) is 0 Å². The normalized spacial score (nSPS) is 16.7. The van der Waals surface area contributed by atoms with Crippen LogP contribution < -0.4 is 10.6 Å². The van der Waals surface area contributed by atoms with E-state index in [4.69, 9.17) is 12.2 Å². The number of benzene rings is 3. The summed E-state index contributed by atoms with van der Waals surface area (Å²) in [5, 5.41) is 9.40. The summed E-state index contributed by atoms with van der Waals surface area (Å²) in [6, 6.07) is 30.5. The van der Waals surface area contributed by atoms with Crippen molar-refractivity contribution >= 4 is 39.7 Å². The Kier molecular flexibility index (Phi) is 7.28. The van der Waals surface area contributed by atoms with Gasteiger partial charge in [-0.25, -0.2) is 0 Å². The molecule has 7 heteroatoms. The third kappa shape index (κ3) is 5.21. The van der Waals surface area contributed by atoms with Gasteiger partial charge in [-0.3, -0.25) is 9.78 Å². The fraction of sp³-hybridized carbons (Fsp3) is 0.206. The monoisotopic (exact) mass is 559 g/mol.